The highest BCUT2D eigenvalue weighted by Gasteiger charge is 2.66. The largest absolute Gasteiger partial charge is 0.377 e. The van der Waals surface area contributed by atoms with Crippen molar-refractivity contribution in [3.8, 4) is 0 Å². The first-order valence-corrected chi connectivity index (χ1v) is 8.81. The van der Waals surface area contributed by atoms with Crippen LogP contribution >= 0.6 is 0 Å². The second kappa shape index (κ2) is 4.57. The van der Waals surface area contributed by atoms with E-state index in [2.05, 4.69) is 29.6 Å². The molecule has 5 rings (SSSR count). The number of benzene rings is 1. The standard InChI is InChI=1S/C19H25NO/c1-2-5-14-12-15(7-6-13(14)4-1)20-17-16-8-11-21-18(16)19(17)9-3-10-19/h1-2,4-5,15-18,20H,3,6-12H2/t15-,16-,17+,18+/m0/s1. The maximum atomic E-state index is 6.05. The molecule has 1 heterocycles. The van der Waals surface area contributed by atoms with Gasteiger partial charge < -0.3 is 10.1 Å². The highest BCUT2D eigenvalue weighted by atomic mass is 16.5. The fourth-order valence-electron chi connectivity index (χ4n) is 5.59. The lowest BCUT2D eigenvalue weighted by Gasteiger charge is -2.64. The summed E-state index contributed by atoms with van der Waals surface area (Å²) in [7, 11) is 0. The summed E-state index contributed by atoms with van der Waals surface area (Å²) in [5.74, 6) is 0.808. The van der Waals surface area contributed by atoms with Crippen LogP contribution in [0.3, 0.4) is 0 Å². The van der Waals surface area contributed by atoms with E-state index in [4.69, 9.17) is 4.74 Å². The molecule has 0 bridgehead atoms. The smallest absolute Gasteiger partial charge is 0.0690 e. The predicted molar refractivity (Wildman–Crippen MR) is 83.3 cm³/mol. The molecule has 2 heteroatoms. The van der Waals surface area contributed by atoms with Crippen molar-refractivity contribution in [1.29, 1.82) is 0 Å². The van der Waals surface area contributed by atoms with Gasteiger partial charge in [0.15, 0.2) is 0 Å². The fraction of sp³-hybridized carbons (Fsp3) is 0.684. The van der Waals surface area contributed by atoms with Crippen LogP contribution in [0.15, 0.2) is 24.3 Å². The van der Waals surface area contributed by atoms with Gasteiger partial charge in [0.1, 0.15) is 0 Å². The lowest BCUT2D eigenvalue weighted by molar-refractivity contribution is -0.178. The summed E-state index contributed by atoms with van der Waals surface area (Å²) >= 11 is 0. The van der Waals surface area contributed by atoms with E-state index in [1.807, 2.05) is 0 Å². The molecule has 112 valence electrons. The molecule has 3 aliphatic carbocycles. The Kier molecular flexibility index (Phi) is 2.75. The Labute approximate surface area is 127 Å². The number of aryl methyl sites for hydroxylation is 1. The van der Waals surface area contributed by atoms with Crippen LogP contribution in [0, 0.1) is 11.3 Å². The molecular weight excluding hydrogens is 258 g/mol. The first kappa shape index (κ1) is 12.7. The molecule has 2 saturated carbocycles. The maximum Gasteiger partial charge on any atom is 0.0690 e. The molecule has 1 spiro atoms. The molecule has 4 aliphatic rings. The van der Waals surface area contributed by atoms with Crippen molar-refractivity contribution in [2.45, 2.75) is 63.1 Å². The number of nitrogens with one attached hydrogen (secondary N) is 1. The van der Waals surface area contributed by atoms with E-state index >= 15 is 0 Å². The van der Waals surface area contributed by atoms with Crippen LogP contribution in [-0.4, -0.2) is 24.8 Å². The Morgan fingerprint density at radius 3 is 2.76 bits per heavy atom. The zero-order valence-electron chi connectivity index (χ0n) is 12.7. The normalized spacial score (nSPS) is 39.2. The zero-order chi connectivity index (χ0) is 13.9. The van der Waals surface area contributed by atoms with Crippen LogP contribution in [0.5, 0.6) is 0 Å². The zero-order valence-corrected chi connectivity index (χ0v) is 12.7. The van der Waals surface area contributed by atoms with Crippen LogP contribution < -0.4 is 5.32 Å². The molecule has 2 nitrogen and oxygen atoms in total. The molecule has 1 aromatic carbocycles. The van der Waals surface area contributed by atoms with Crippen LogP contribution in [0.25, 0.3) is 0 Å². The first-order chi connectivity index (χ1) is 10.4. The van der Waals surface area contributed by atoms with Crippen LogP contribution in [-0.2, 0) is 17.6 Å². The summed E-state index contributed by atoms with van der Waals surface area (Å²) in [6.07, 6.45) is 9.87. The van der Waals surface area contributed by atoms with Gasteiger partial charge in [-0.25, -0.2) is 0 Å². The third kappa shape index (κ3) is 1.72. The number of hydrogen-bond donors (Lipinski definition) is 1. The topological polar surface area (TPSA) is 21.3 Å². The second-order valence-electron chi connectivity index (χ2n) is 7.68. The number of fused-ring (bicyclic) bond motifs is 3. The maximum absolute atomic E-state index is 6.05. The Morgan fingerprint density at radius 1 is 1.10 bits per heavy atom. The first-order valence-electron chi connectivity index (χ1n) is 8.81. The Bertz CT molecular complexity index is 550. The fourth-order valence-corrected chi connectivity index (χ4v) is 5.59. The van der Waals surface area contributed by atoms with Crippen molar-refractivity contribution in [2.24, 2.45) is 11.3 Å². The van der Waals surface area contributed by atoms with Gasteiger partial charge in [0.2, 0.25) is 0 Å². The molecule has 4 atom stereocenters. The van der Waals surface area contributed by atoms with E-state index in [9.17, 15) is 0 Å². The van der Waals surface area contributed by atoms with Gasteiger partial charge in [0.25, 0.3) is 0 Å². The molecule has 1 saturated heterocycles. The van der Waals surface area contributed by atoms with Gasteiger partial charge in [-0.05, 0) is 49.7 Å². The Hall–Kier alpha value is -0.860. The number of ether oxygens (including phenoxy) is 1. The lowest BCUT2D eigenvalue weighted by atomic mass is 9.46. The van der Waals surface area contributed by atoms with Crippen molar-refractivity contribution in [3.63, 3.8) is 0 Å². The minimum atomic E-state index is 0.526. The number of hydrogen-bond acceptors (Lipinski definition) is 2. The quantitative estimate of drug-likeness (QED) is 0.900. The summed E-state index contributed by atoms with van der Waals surface area (Å²) in [6, 6.07) is 10.4. The molecular formula is C19H25NO. The molecule has 1 N–H and O–H groups in total. The summed E-state index contributed by atoms with van der Waals surface area (Å²) in [6.45, 7) is 1.00. The SMILES string of the molecule is c1ccc2c(c1)CC[C@H](N[C@@H]1[C@@H]3CCO[C@H]3C13CCC3)C2. The van der Waals surface area contributed by atoms with E-state index in [1.54, 1.807) is 11.1 Å². The molecule has 0 unspecified atom stereocenters. The highest BCUT2D eigenvalue weighted by molar-refractivity contribution is 5.31. The summed E-state index contributed by atoms with van der Waals surface area (Å²) < 4.78 is 6.05. The molecule has 0 aromatic heterocycles. The summed E-state index contributed by atoms with van der Waals surface area (Å²) in [5.41, 5.74) is 3.67. The van der Waals surface area contributed by atoms with Gasteiger partial charge >= 0.3 is 0 Å². The Balaban J connectivity index is 1.32. The van der Waals surface area contributed by atoms with E-state index in [1.165, 1.54) is 44.9 Å². The molecule has 1 aliphatic heterocycles. The van der Waals surface area contributed by atoms with Crippen molar-refractivity contribution in [3.05, 3.63) is 35.4 Å². The van der Waals surface area contributed by atoms with E-state index in [0.29, 0.717) is 17.6 Å². The van der Waals surface area contributed by atoms with Gasteiger partial charge in [0.05, 0.1) is 6.10 Å². The highest BCUT2D eigenvalue weighted by Crippen LogP contribution is 2.63. The summed E-state index contributed by atoms with van der Waals surface area (Å²) in [4.78, 5) is 0. The third-order valence-corrected chi connectivity index (χ3v) is 6.80. The molecule has 21 heavy (non-hydrogen) atoms. The molecule has 0 amide bonds. The lowest BCUT2D eigenvalue weighted by Crippen LogP contribution is -2.72. The van der Waals surface area contributed by atoms with Crippen LogP contribution in [0.2, 0.25) is 0 Å². The van der Waals surface area contributed by atoms with Crippen molar-refractivity contribution in [2.75, 3.05) is 6.61 Å². The van der Waals surface area contributed by atoms with Gasteiger partial charge in [-0.15, -0.1) is 0 Å². The summed E-state index contributed by atoms with van der Waals surface area (Å²) in [5, 5.41) is 4.08. The minimum Gasteiger partial charge on any atom is -0.377 e. The van der Waals surface area contributed by atoms with Crippen LogP contribution in [0.1, 0.15) is 43.2 Å². The van der Waals surface area contributed by atoms with Gasteiger partial charge in [-0.1, -0.05) is 30.7 Å². The molecule has 0 radical (unpaired) electrons. The van der Waals surface area contributed by atoms with Gasteiger partial charge in [-0.3, -0.25) is 0 Å². The van der Waals surface area contributed by atoms with Crippen molar-refractivity contribution >= 4 is 0 Å². The molecule has 3 fully saturated rings. The molecule has 1 aromatic rings. The van der Waals surface area contributed by atoms with Crippen molar-refractivity contribution in [1.82, 2.24) is 5.32 Å². The average molecular weight is 283 g/mol. The van der Waals surface area contributed by atoms with E-state index in [0.717, 1.165) is 18.6 Å². The van der Waals surface area contributed by atoms with Crippen LogP contribution in [0.4, 0.5) is 0 Å². The second-order valence-corrected chi connectivity index (χ2v) is 7.68. The predicted octanol–water partition coefficient (Wildman–Crippen LogP) is 3.09. The van der Waals surface area contributed by atoms with E-state index < -0.39 is 0 Å². The Morgan fingerprint density at radius 2 is 1.95 bits per heavy atom. The van der Waals surface area contributed by atoms with Gasteiger partial charge in [-0.2, -0.15) is 0 Å². The minimum absolute atomic E-state index is 0.526. The average Bonchev–Trinajstić information content (AvgIpc) is 2.88. The third-order valence-electron chi connectivity index (χ3n) is 6.80. The van der Waals surface area contributed by atoms with Crippen molar-refractivity contribution < 1.29 is 4.74 Å². The monoisotopic (exact) mass is 283 g/mol. The van der Waals surface area contributed by atoms with Gasteiger partial charge in [0, 0.05) is 30.0 Å². The number of rotatable bonds is 2. The van der Waals surface area contributed by atoms with E-state index in [-0.39, 0.29) is 0 Å².